The minimum Gasteiger partial charge on any atom is -0.400 e. The molecule has 0 spiro atoms. The molecule has 0 unspecified atom stereocenters. The van der Waals surface area contributed by atoms with Crippen LogP contribution in [0.1, 0.15) is 0 Å². The van der Waals surface area contributed by atoms with E-state index in [1.165, 1.54) is 11.6 Å². The van der Waals surface area contributed by atoms with Crippen molar-refractivity contribution >= 4 is 21.9 Å². The van der Waals surface area contributed by atoms with Gasteiger partial charge in [0.05, 0.1) is 0 Å². The van der Waals surface area contributed by atoms with Gasteiger partial charge in [-0.15, -0.1) is 0 Å². The molecule has 0 aliphatic heterocycles. The number of hydrogen-bond acceptors (Lipinski definition) is 2. The fourth-order valence-electron chi connectivity index (χ4n) is 0.589. The average molecular weight is 123 g/mol. The highest BCUT2D eigenvalue weighted by Gasteiger charge is 1.95. The molecule has 39 valence electrons. The Hall–Kier alpha value is -0.760. The van der Waals surface area contributed by atoms with Crippen LogP contribution < -0.4 is 0 Å². The zero-order valence-electron chi connectivity index (χ0n) is 4.05. The molecule has 0 N–H and O–H groups in total. The first-order valence-electron chi connectivity index (χ1n) is 2.32. The molecule has 0 saturated carbocycles. The fraction of sp³-hybridized carbons (Fsp3) is 0. The van der Waals surface area contributed by atoms with E-state index in [4.69, 9.17) is 3.85 Å². The van der Waals surface area contributed by atoms with E-state index in [1.807, 2.05) is 18.2 Å². The first-order chi connectivity index (χ1) is 3.97. The maximum absolute atomic E-state index is 4.96. The summed E-state index contributed by atoms with van der Waals surface area (Å²) >= 11 is 1.38. The van der Waals surface area contributed by atoms with Crippen LogP contribution in [0.25, 0.3) is 10.3 Å². The number of benzene rings is 1. The van der Waals surface area contributed by atoms with Crippen molar-refractivity contribution in [3.05, 3.63) is 24.3 Å². The Labute approximate surface area is 50.8 Å². The maximum Gasteiger partial charge on any atom is 0.164 e. The van der Waals surface area contributed by atoms with Crippen LogP contribution in [0.15, 0.2) is 22.0 Å². The molecule has 0 aliphatic rings. The molecule has 0 atom stereocenters. The van der Waals surface area contributed by atoms with Crippen molar-refractivity contribution in [2.75, 3.05) is 0 Å². The third-order valence-corrected chi connectivity index (χ3v) is 1.75. The Kier molecular flexibility index (Phi) is 0.704. The van der Waals surface area contributed by atoms with Gasteiger partial charge in [0.25, 0.3) is 0 Å². The highest BCUT2D eigenvalue weighted by Crippen LogP contribution is 2.22. The van der Waals surface area contributed by atoms with E-state index in [-0.39, 0.29) is 0 Å². The molecule has 0 aliphatic carbocycles. The summed E-state index contributed by atoms with van der Waals surface area (Å²) < 4.78 is 6.08. The first kappa shape index (κ1) is 4.15. The van der Waals surface area contributed by atoms with Crippen molar-refractivity contribution in [3.8, 4) is 0 Å². The van der Waals surface area contributed by atoms with Crippen LogP contribution in [-0.2, 0) is 0 Å². The predicted octanol–water partition coefficient (Wildman–Crippen LogP) is 2.29. The Balaban J connectivity index is 2.88. The average Bonchev–Trinajstić information content (AvgIpc) is 1.72. The molecule has 1 aromatic heterocycles. The molecule has 0 bridgehead atoms. The standard InChI is InChI=1S/C6H3OS/c1-2-4-6-5(3-1)7-8-6/h1-3H. The molecular formula is C6H3OS. The quantitative estimate of drug-likeness (QED) is 0.523. The van der Waals surface area contributed by atoms with E-state index in [2.05, 4.69) is 6.07 Å². The van der Waals surface area contributed by atoms with Crippen molar-refractivity contribution in [2.45, 2.75) is 0 Å². The Morgan fingerprint density at radius 1 is 1.62 bits per heavy atom. The summed E-state index contributed by atoms with van der Waals surface area (Å²) in [6.07, 6.45) is 0. The van der Waals surface area contributed by atoms with Gasteiger partial charge in [-0.1, -0.05) is 12.1 Å². The third-order valence-electron chi connectivity index (χ3n) is 0.997. The lowest BCUT2D eigenvalue weighted by molar-refractivity contribution is 0.735. The molecular weight excluding hydrogens is 120 g/mol. The predicted molar refractivity (Wildman–Crippen MR) is 32.9 cm³/mol. The van der Waals surface area contributed by atoms with Crippen molar-refractivity contribution in [2.24, 2.45) is 0 Å². The van der Waals surface area contributed by atoms with Crippen molar-refractivity contribution in [1.82, 2.24) is 0 Å². The first-order valence-corrected chi connectivity index (χ1v) is 3.06. The highest BCUT2D eigenvalue weighted by molar-refractivity contribution is 7.12. The van der Waals surface area contributed by atoms with Crippen molar-refractivity contribution < 1.29 is 3.85 Å². The van der Waals surface area contributed by atoms with Gasteiger partial charge in [0.2, 0.25) is 0 Å². The van der Waals surface area contributed by atoms with Crippen molar-refractivity contribution in [3.63, 3.8) is 0 Å². The highest BCUT2D eigenvalue weighted by atomic mass is 32.1. The van der Waals surface area contributed by atoms with Gasteiger partial charge in [0.15, 0.2) is 5.58 Å². The Morgan fingerprint density at radius 3 is 3.00 bits per heavy atom. The van der Waals surface area contributed by atoms with E-state index < -0.39 is 0 Å². The third kappa shape index (κ3) is 0.406. The van der Waals surface area contributed by atoms with E-state index in [0.29, 0.717) is 0 Å². The van der Waals surface area contributed by atoms with Crippen LogP contribution in [0.5, 0.6) is 0 Å². The van der Waals surface area contributed by atoms with Crippen LogP contribution in [0.3, 0.4) is 0 Å². The zero-order valence-corrected chi connectivity index (χ0v) is 4.87. The topological polar surface area (TPSA) is 13.1 Å². The molecule has 1 nitrogen and oxygen atoms in total. The van der Waals surface area contributed by atoms with Gasteiger partial charge in [0, 0.05) is 17.7 Å². The van der Waals surface area contributed by atoms with Crippen LogP contribution in [-0.4, -0.2) is 0 Å². The summed E-state index contributed by atoms with van der Waals surface area (Å²) in [5, 5.41) is 0. The normalized spacial score (nSPS) is 10.5. The fourth-order valence-corrected chi connectivity index (χ4v) is 1.09. The van der Waals surface area contributed by atoms with Crippen LogP contribution in [0, 0.1) is 6.07 Å². The van der Waals surface area contributed by atoms with Crippen molar-refractivity contribution in [1.29, 1.82) is 0 Å². The molecule has 2 aromatic rings. The lowest BCUT2D eigenvalue weighted by atomic mass is 10.4. The van der Waals surface area contributed by atoms with Gasteiger partial charge in [-0.05, 0) is 6.07 Å². The number of rotatable bonds is 0. The molecule has 1 radical (unpaired) electrons. The summed E-state index contributed by atoms with van der Waals surface area (Å²) in [5.74, 6) is 0. The summed E-state index contributed by atoms with van der Waals surface area (Å²) in [6.45, 7) is 0. The summed E-state index contributed by atoms with van der Waals surface area (Å²) in [5.41, 5.74) is 0.956. The summed E-state index contributed by atoms with van der Waals surface area (Å²) in [7, 11) is 0. The summed E-state index contributed by atoms with van der Waals surface area (Å²) in [4.78, 5) is 0. The monoisotopic (exact) mass is 123 g/mol. The second kappa shape index (κ2) is 1.36. The van der Waals surface area contributed by atoms with Gasteiger partial charge in [0.1, 0.15) is 4.70 Å². The Bertz CT molecular complexity index is 251. The molecule has 0 saturated heterocycles. The van der Waals surface area contributed by atoms with E-state index in [1.54, 1.807) is 0 Å². The molecule has 2 heteroatoms. The van der Waals surface area contributed by atoms with E-state index in [9.17, 15) is 0 Å². The van der Waals surface area contributed by atoms with E-state index >= 15 is 0 Å². The van der Waals surface area contributed by atoms with Gasteiger partial charge in [-0.2, -0.15) is 0 Å². The van der Waals surface area contributed by atoms with Crippen LogP contribution in [0.2, 0.25) is 0 Å². The van der Waals surface area contributed by atoms with Gasteiger partial charge in [-0.25, -0.2) is 0 Å². The smallest absolute Gasteiger partial charge is 0.164 e. The van der Waals surface area contributed by atoms with E-state index in [0.717, 1.165) is 10.3 Å². The minimum absolute atomic E-state index is 0.956. The van der Waals surface area contributed by atoms with Gasteiger partial charge < -0.3 is 3.85 Å². The SMILES string of the molecule is [c]1cccc2osc12. The van der Waals surface area contributed by atoms with Gasteiger partial charge >= 0.3 is 0 Å². The molecule has 1 aromatic carbocycles. The molecule has 0 fully saturated rings. The second-order valence-corrected chi connectivity index (χ2v) is 2.27. The van der Waals surface area contributed by atoms with Crippen LogP contribution >= 0.6 is 11.6 Å². The minimum atomic E-state index is 0.956. The lowest BCUT2D eigenvalue weighted by Gasteiger charge is -1.92. The molecule has 0 amide bonds. The molecule has 8 heavy (non-hydrogen) atoms. The summed E-state index contributed by atoms with van der Waals surface area (Å²) in [6, 6.07) is 8.76. The van der Waals surface area contributed by atoms with Gasteiger partial charge in [-0.3, -0.25) is 0 Å². The Morgan fingerprint density at radius 2 is 2.62 bits per heavy atom. The number of fused-ring (bicyclic) bond motifs is 1. The lowest BCUT2D eigenvalue weighted by Crippen LogP contribution is -1.66. The number of hydrogen-bond donors (Lipinski definition) is 0. The zero-order chi connectivity index (χ0) is 5.40. The largest absolute Gasteiger partial charge is 0.400 e. The van der Waals surface area contributed by atoms with Crippen LogP contribution in [0.4, 0.5) is 0 Å². The molecule has 2 rings (SSSR count). The second-order valence-electron chi connectivity index (χ2n) is 1.53. The maximum atomic E-state index is 4.96. The molecule has 1 heterocycles.